The summed E-state index contributed by atoms with van der Waals surface area (Å²) >= 11 is 0. The maximum absolute atomic E-state index is 12.9. The van der Waals surface area contributed by atoms with Crippen LogP contribution in [0.4, 0.5) is 5.69 Å². The number of carbonyl (C=O) groups is 3. The van der Waals surface area contributed by atoms with Crippen molar-refractivity contribution in [2.75, 3.05) is 4.90 Å². The number of rotatable bonds is 3. The lowest BCUT2D eigenvalue weighted by molar-refractivity contribution is -0.122. The summed E-state index contributed by atoms with van der Waals surface area (Å²) in [6, 6.07) is 9.68. The van der Waals surface area contributed by atoms with Gasteiger partial charge in [-0.3, -0.25) is 9.59 Å². The van der Waals surface area contributed by atoms with E-state index in [0.29, 0.717) is 11.6 Å². The molecule has 0 spiro atoms. The molecule has 1 saturated carbocycles. The number of amides is 2. The molecule has 6 heteroatoms. The van der Waals surface area contributed by atoms with E-state index in [-0.39, 0.29) is 35.2 Å². The number of para-hydroxylation sites is 2. The van der Waals surface area contributed by atoms with Gasteiger partial charge in [0.2, 0.25) is 17.6 Å². The molecule has 1 aromatic heterocycles. The highest BCUT2D eigenvalue weighted by molar-refractivity contribution is 6.22. The summed E-state index contributed by atoms with van der Waals surface area (Å²) in [5, 5.41) is 0. The van der Waals surface area contributed by atoms with Crippen molar-refractivity contribution in [3.8, 4) is 5.75 Å². The third kappa shape index (κ3) is 2.71. The van der Waals surface area contributed by atoms with Gasteiger partial charge in [-0.15, -0.1) is 0 Å². The molecule has 2 aromatic rings. The molecule has 1 saturated heterocycles. The zero-order chi connectivity index (χ0) is 18.3. The van der Waals surface area contributed by atoms with Crippen LogP contribution in [-0.2, 0) is 9.59 Å². The van der Waals surface area contributed by atoms with Crippen molar-refractivity contribution in [2.24, 2.45) is 17.8 Å². The second-order valence-electron chi connectivity index (χ2n) is 6.98. The van der Waals surface area contributed by atoms with Crippen LogP contribution in [0.5, 0.6) is 5.75 Å². The predicted octanol–water partition coefficient (Wildman–Crippen LogP) is 3.42. The van der Waals surface area contributed by atoms with E-state index < -0.39 is 5.97 Å². The fraction of sp³-hybridized carbons (Fsp3) is 0.350. The number of carbonyl (C=O) groups excluding carboxylic acids is 3. The van der Waals surface area contributed by atoms with Gasteiger partial charge in [0, 0.05) is 0 Å². The molecule has 0 N–H and O–H groups in total. The second-order valence-corrected chi connectivity index (χ2v) is 6.98. The highest BCUT2D eigenvalue weighted by atomic mass is 16.5. The number of fused-ring (bicyclic) bond motifs is 1. The maximum Gasteiger partial charge on any atom is 0.379 e. The van der Waals surface area contributed by atoms with Crippen LogP contribution in [-0.4, -0.2) is 17.8 Å². The molecular weight excluding hydrogens is 334 g/mol. The quantitative estimate of drug-likeness (QED) is 0.480. The van der Waals surface area contributed by atoms with Crippen LogP contribution in [0.15, 0.2) is 47.1 Å². The number of anilines is 1. The molecule has 2 heterocycles. The monoisotopic (exact) mass is 353 g/mol. The van der Waals surface area contributed by atoms with E-state index in [2.05, 4.69) is 6.92 Å². The molecule has 3 atom stereocenters. The molecule has 134 valence electrons. The number of imide groups is 1. The third-order valence-corrected chi connectivity index (χ3v) is 5.22. The molecule has 1 aliphatic carbocycles. The molecule has 0 radical (unpaired) electrons. The molecule has 0 unspecified atom stereocenters. The van der Waals surface area contributed by atoms with Gasteiger partial charge >= 0.3 is 5.97 Å². The standard InChI is InChI=1S/C20H19NO5/c1-12-8-9-13-14(11-12)19(23)21(18(13)22)15-5-2-3-6-16(15)26-20(24)17-7-4-10-25-17/h2-7,10,12-14H,8-9,11H2,1H3/t12-,13-,14-/m1/s1. The smallest absolute Gasteiger partial charge is 0.379 e. The van der Waals surface area contributed by atoms with Gasteiger partial charge in [-0.25, -0.2) is 9.69 Å². The lowest BCUT2D eigenvalue weighted by Crippen LogP contribution is -2.31. The predicted molar refractivity (Wildman–Crippen MR) is 92.6 cm³/mol. The normalized spacial score (nSPS) is 25.3. The average Bonchev–Trinajstić information content (AvgIpc) is 3.24. The van der Waals surface area contributed by atoms with Crippen LogP contribution in [0.2, 0.25) is 0 Å². The van der Waals surface area contributed by atoms with Crippen molar-refractivity contribution < 1.29 is 23.5 Å². The molecule has 26 heavy (non-hydrogen) atoms. The zero-order valence-electron chi connectivity index (χ0n) is 14.4. The number of nitrogens with zero attached hydrogens (tertiary/aromatic N) is 1. The van der Waals surface area contributed by atoms with Gasteiger partial charge < -0.3 is 9.15 Å². The van der Waals surface area contributed by atoms with Crippen molar-refractivity contribution in [2.45, 2.75) is 26.2 Å². The summed E-state index contributed by atoms with van der Waals surface area (Å²) in [4.78, 5) is 39.2. The Morgan fingerprint density at radius 3 is 2.62 bits per heavy atom. The Labute approximate surface area is 150 Å². The summed E-state index contributed by atoms with van der Waals surface area (Å²) in [6.45, 7) is 2.11. The fourth-order valence-corrected chi connectivity index (χ4v) is 3.90. The van der Waals surface area contributed by atoms with E-state index in [1.807, 2.05) is 0 Å². The maximum atomic E-state index is 12.9. The van der Waals surface area contributed by atoms with Crippen LogP contribution < -0.4 is 9.64 Å². The highest BCUT2D eigenvalue weighted by Crippen LogP contribution is 2.44. The van der Waals surface area contributed by atoms with Gasteiger partial charge in [0.05, 0.1) is 23.8 Å². The molecule has 1 aromatic carbocycles. The van der Waals surface area contributed by atoms with Crippen LogP contribution in [0.1, 0.15) is 36.7 Å². The number of hydrogen-bond donors (Lipinski definition) is 0. The van der Waals surface area contributed by atoms with E-state index in [1.165, 1.54) is 17.2 Å². The number of furan rings is 1. The first kappa shape index (κ1) is 16.6. The van der Waals surface area contributed by atoms with Gasteiger partial charge in [-0.05, 0) is 49.4 Å². The van der Waals surface area contributed by atoms with Crippen molar-refractivity contribution >= 4 is 23.5 Å². The van der Waals surface area contributed by atoms with Crippen LogP contribution in [0, 0.1) is 17.8 Å². The fourth-order valence-electron chi connectivity index (χ4n) is 3.90. The first-order valence-electron chi connectivity index (χ1n) is 8.78. The zero-order valence-corrected chi connectivity index (χ0v) is 14.4. The van der Waals surface area contributed by atoms with Crippen LogP contribution >= 0.6 is 0 Å². The van der Waals surface area contributed by atoms with E-state index >= 15 is 0 Å². The van der Waals surface area contributed by atoms with Crippen molar-refractivity contribution in [3.05, 3.63) is 48.4 Å². The Balaban J connectivity index is 1.65. The Hall–Kier alpha value is -2.89. The minimum atomic E-state index is -0.674. The second kappa shape index (κ2) is 6.44. The number of hydrogen-bond acceptors (Lipinski definition) is 5. The Morgan fingerprint density at radius 1 is 1.08 bits per heavy atom. The molecule has 4 rings (SSSR count). The summed E-state index contributed by atoms with van der Waals surface area (Å²) in [6.07, 6.45) is 3.77. The van der Waals surface area contributed by atoms with E-state index in [4.69, 9.17) is 9.15 Å². The molecule has 1 aliphatic heterocycles. The van der Waals surface area contributed by atoms with Crippen molar-refractivity contribution in [3.63, 3.8) is 0 Å². The Morgan fingerprint density at radius 2 is 1.85 bits per heavy atom. The van der Waals surface area contributed by atoms with Crippen molar-refractivity contribution in [1.82, 2.24) is 0 Å². The number of esters is 1. The van der Waals surface area contributed by atoms with Crippen LogP contribution in [0.25, 0.3) is 0 Å². The molecule has 2 aliphatic rings. The van der Waals surface area contributed by atoms with Gasteiger partial charge in [0.25, 0.3) is 0 Å². The van der Waals surface area contributed by atoms with Gasteiger partial charge in [-0.2, -0.15) is 0 Å². The SMILES string of the molecule is C[C@@H]1CC[C@H]2C(=O)N(c3ccccc3OC(=O)c3ccco3)C(=O)[C@@H]2C1. The van der Waals surface area contributed by atoms with Gasteiger partial charge in [-0.1, -0.05) is 19.1 Å². The lowest BCUT2D eigenvalue weighted by atomic mass is 9.76. The Kier molecular flexibility index (Phi) is 4.11. The largest absolute Gasteiger partial charge is 0.457 e. The summed E-state index contributed by atoms with van der Waals surface area (Å²) in [5.41, 5.74) is 0.310. The van der Waals surface area contributed by atoms with E-state index in [0.717, 1.165) is 19.3 Å². The summed E-state index contributed by atoms with van der Waals surface area (Å²) in [7, 11) is 0. The minimum Gasteiger partial charge on any atom is -0.457 e. The summed E-state index contributed by atoms with van der Waals surface area (Å²) in [5.74, 6) is -0.967. The van der Waals surface area contributed by atoms with Gasteiger partial charge in [0.1, 0.15) is 0 Å². The minimum absolute atomic E-state index is 0.0568. The first-order valence-corrected chi connectivity index (χ1v) is 8.78. The molecular formula is C20H19NO5. The number of benzene rings is 1. The van der Waals surface area contributed by atoms with Gasteiger partial charge in [0.15, 0.2) is 5.75 Å². The van der Waals surface area contributed by atoms with E-state index in [9.17, 15) is 14.4 Å². The molecule has 0 bridgehead atoms. The van der Waals surface area contributed by atoms with Crippen LogP contribution in [0.3, 0.4) is 0 Å². The first-order chi connectivity index (χ1) is 12.6. The molecule has 6 nitrogen and oxygen atoms in total. The average molecular weight is 353 g/mol. The van der Waals surface area contributed by atoms with Crippen molar-refractivity contribution in [1.29, 1.82) is 0 Å². The topological polar surface area (TPSA) is 76.8 Å². The highest BCUT2D eigenvalue weighted by Gasteiger charge is 2.50. The lowest BCUT2D eigenvalue weighted by Gasteiger charge is -2.25. The third-order valence-electron chi connectivity index (χ3n) is 5.22. The molecule has 2 fully saturated rings. The molecule has 2 amide bonds. The summed E-state index contributed by atoms with van der Waals surface area (Å²) < 4.78 is 10.4. The Bertz CT molecular complexity index is 857. The number of ether oxygens (including phenoxy) is 1. The van der Waals surface area contributed by atoms with E-state index in [1.54, 1.807) is 30.3 Å².